The minimum Gasteiger partial charge on any atom is -0.451 e. The number of carbonyl (C=O) groups excluding carboxylic acids is 1. The van der Waals surface area contributed by atoms with Gasteiger partial charge in [-0.1, -0.05) is 32.9 Å². The maximum atomic E-state index is 15.0. The van der Waals surface area contributed by atoms with Crippen molar-refractivity contribution in [1.29, 1.82) is 0 Å². The molecule has 1 amide bonds. The van der Waals surface area contributed by atoms with Crippen LogP contribution in [0.3, 0.4) is 0 Å². The monoisotopic (exact) mass is 419 g/mol. The zero-order valence-electron chi connectivity index (χ0n) is 17.7. The van der Waals surface area contributed by atoms with Gasteiger partial charge >= 0.3 is 0 Å². The predicted octanol–water partition coefficient (Wildman–Crippen LogP) is 4.49. The summed E-state index contributed by atoms with van der Waals surface area (Å²) in [5, 5.41) is 4.75. The normalized spacial score (nSPS) is 11.8. The summed E-state index contributed by atoms with van der Waals surface area (Å²) in [6.45, 7) is 7.74. The van der Waals surface area contributed by atoms with Crippen LogP contribution in [0.15, 0.2) is 57.9 Å². The van der Waals surface area contributed by atoms with E-state index in [-0.39, 0.29) is 16.6 Å². The lowest BCUT2D eigenvalue weighted by Gasteiger charge is -2.20. The number of furan rings is 1. The first-order valence-corrected chi connectivity index (χ1v) is 9.80. The van der Waals surface area contributed by atoms with Gasteiger partial charge in [0.2, 0.25) is 0 Å². The Kier molecular flexibility index (Phi) is 4.76. The first kappa shape index (κ1) is 20.5. The Morgan fingerprint density at radius 2 is 1.90 bits per heavy atom. The lowest BCUT2D eigenvalue weighted by molar-refractivity contribution is 0.0974. The Bertz CT molecular complexity index is 1390. The number of carbonyl (C=O) groups is 1. The summed E-state index contributed by atoms with van der Waals surface area (Å²) in [7, 11) is 0. The maximum Gasteiger partial charge on any atom is 0.284 e. The van der Waals surface area contributed by atoms with Crippen molar-refractivity contribution in [2.45, 2.75) is 33.1 Å². The quantitative estimate of drug-likeness (QED) is 0.530. The van der Waals surface area contributed by atoms with Crippen LogP contribution in [-0.4, -0.2) is 15.7 Å². The van der Waals surface area contributed by atoms with Crippen LogP contribution in [0, 0.1) is 12.7 Å². The number of rotatable bonds is 3. The molecule has 0 aliphatic rings. The zero-order chi connectivity index (χ0) is 22.5. The Morgan fingerprint density at radius 3 is 2.55 bits per heavy atom. The van der Waals surface area contributed by atoms with Gasteiger partial charge < -0.3 is 10.2 Å². The summed E-state index contributed by atoms with van der Waals surface area (Å²) in [6, 6.07) is 11.6. The minimum atomic E-state index is -0.669. The molecule has 0 bridgehead atoms. The van der Waals surface area contributed by atoms with E-state index in [9.17, 15) is 14.0 Å². The Hall–Kier alpha value is -3.74. The van der Waals surface area contributed by atoms with E-state index in [0.29, 0.717) is 28.0 Å². The molecular formula is C24H22FN3O3. The molecule has 4 aromatic rings. The van der Waals surface area contributed by atoms with Gasteiger partial charge in [0, 0.05) is 10.9 Å². The van der Waals surface area contributed by atoms with Gasteiger partial charge in [-0.3, -0.25) is 9.59 Å². The molecule has 0 radical (unpaired) electrons. The molecule has 0 saturated heterocycles. The van der Waals surface area contributed by atoms with E-state index in [1.54, 1.807) is 37.3 Å². The van der Waals surface area contributed by atoms with E-state index < -0.39 is 17.3 Å². The fraction of sp³-hybridized carbons (Fsp3) is 0.208. The number of halogens is 1. The molecule has 0 atom stereocenters. The van der Waals surface area contributed by atoms with E-state index in [0.717, 1.165) is 5.56 Å². The third-order valence-corrected chi connectivity index (χ3v) is 5.35. The fourth-order valence-corrected chi connectivity index (χ4v) is 3.57. The number of nitrogens with two attached hydrogens (primary N) is 1. The van der Waals surface area contributed by atoms with Crippen molar-refractivity contribution in [2.24, 2.45) is 5.73 Å². The number of hydrogen-bond acceptors (Lipinski definition) is 4. The van der Waals surface area contributed by atoms with E-state index in [4.69, 9.17) is 10.2 Å². The largest absolute Gasteiger partial charge is 0.451 e. The molecule has 0 aliphatic heterocycles. The summed E-state index contributed by atoms with van der Waals surface area (Å²) in [6.07, 6.45) is 1.50. The number of benzene rings is 2. The summed E-state index contributed by atoms with van der Waals surface area (Å²) >= 11 is 0. The van der Waals surface area contributed by atoms with Gasteiger partial charge in [0.15, 0.2) is 5.76 Å². The molecular weight excluding hydrogens is 397 g/mol. The van der Waals surface area contributed by atoms with Crippen LogP contribution < -0.4 is 11.3 Å². The van der Waals surface area contributed by atoms with E-state index in [1.807, 2.05) is 20.8 Å². The van der Waals surface area contributed by atoms with Gasteiger partial charge in [-0.2, -0.15) is 9.78 Å². The number of fused-ring (bicyclic) bond motifs is 1. The van der Waals surface area contributed by atoms with Crippen LogP contribution >= 0.6 is 0 Å². The second-order valence-corrected chi connectivity index (χ2v) is 8.51. The highest BCUT2D eigenvalue weighted by atomic mass is 19.1. The standard InChI is InChI=1S/C24H22FN3O3/c1-13-16(19-8-9-20(31-19)22(26)29)6-5-7-18(13)28-23(30)21-14(12-27-28)10-15(11-17(21)25)24(2,3)4/h5-12H,1-4H3,(H2,26,29). The average Bonchev–Trinajstić information content (AvgIpc) is 3.18. The topological polar surface area (TPSA) is 91.1 Å². The highest BCUT2D eigenvalue weighted by Crippen LogP contribution is 2.30. The summed E-state index contributed by atoms with van der Waals surface area (Å²) in [5.74, 6) is -0.771. The molecule has 2 N–H and O–H groups in total. The van der Waals surface area contributed by atoms with Gasteiger partial charge in [-0.05, 0) is 53.8 Å². The average molecular weight is 419 g/mol. The van der Waals surface area contributed by atoms with Crippen LogP contribution in [0.2, 0.25) is 0 Å². The SMILES string of the molecule is Cc1c(-c2ccc(C(N)=O)o2)cccc1-n1ncc2cc(C(C)(C)C)cc(F)c2c1=O. The van der Waals surface area contributed by atoms with Crippen molar-refractivity contribution in [3.8, 4) is 17.0 Å². The molecule has 2 heterocycles. The second kappa shape index (κ2) is 7.19. The zero-order valence-corrected chi connectivity index (χ0v) is 17.7. The molecule has 7 heteroatoms. The molecule has 31 heavy (non-hydrogen) atoms. The summed E-state index contributed by atoms with van der Waals surface area (Å²) in [4.78, 5) is 24.5. The van der Waals surface area contributed by atoms with Crippen molar-refractivity contribution in [3.05, 3.63) is 81.7 Å². The molecule has 4 rings (SSSR count). The number of hydrogen-bond donors (Lipinski definition) is 1. The highest BCUT2D eigenvalue weighted by molar-refractivity contribution is 5.90. The Balaban J connectivity index is 1.89. The first-order valence-electron chi connectivity index (χ1n) is 9.80. The third kappa shape index (κ3) is 3.52. The van der Waals surface area contributed by atoms with Crippen LogP contribution in [0.5, 0.6) is 0 Å². The second-order valence-electron chi connectivity index (χ2n) is 8.51. The molecule has 2 aromatic carbocycles. The summed E-state index contributed by atoms with van der Waals surface area (Å²) < 4.78 is 21.7. The van der Waals surface area contributed by atoms with Crippen LogP contribution in [-0.2, 0) is 5.41 Å². The Morgan fingerprint density at radius 1 is 1.16 bits per heavy atom. The van der Waals surface area contributed by atoms with Crippen LogP contribution in [0.25, 0.3) is 27.8 Å². The number of amides is 1. The molecule has 0 fully saturated rings. The smallest absolute Gasteiger partial charge is 0.284 e. The van der Waals surface area contributed by atoms with Crippen molar-refractivity contribution in [2.75, 3.05) is 0 Å². The number of nitrogens with zero attached hydrogens (tertiary/aromatic N) is 2. The maximum absolute atomic E-state index is 15.0. The van der Waals surface area contributed by atoms with Gasteiger partial charge in [-0.25, -0.2) is 4.39 Å². The molecule has 0 spiro atoms. The highest BCUT2D eigenvalue weighted by Gasteiger charge is 2.20. The van der Waals surface area contributed by atoms with Gasteiger partial charge in [0.1, 0.15) is 11.6 Å². The van der Waals surface area contributed by atoms with Gasteiger partial charge in [0.25, 0.3) is 11.5 Å². The predicted molar refractivity (Wildman–Crippen MR) is 117 cm³/mol. The van der Waals surface area contributed by atoms with Gasteiger partial charge in [-0.15, -0.1) is 0 Å². The Labute approximate surface area is 178 Å². The molecule has 0 aliphatic carbocycles. The number of aromatic nitrogens is 2. The number of primary amides is 1. The van der Waals surface area contributed by atoms with Crippen molar-refractivity contribution in [3.63, 3.8) is 0 Å². The first-order chi connectivity index (χ1) is 14.6. The molecule has 6 nitrogen and oxygen atoms in total. The van der Waals surface area contributed by atoms with Crippen molar-refractivity contribution < 1.29 is 13.6 Å². The summed E-state index contributed by atoms with van der Waals surface area (Å²) in [5.41, 5.74) is 7.09. The minimum absolute atomic E-state index is 0.0122. The van der Waals surface area contributed by atoms with E-state index >= 15 is 0 Å². The molecule has 158 valence electrons. The van der Waals surface area contributed by atoms with Crippen molar-refractivity contribution >= 4 is 16.7 Å². The van der Waals surface area contributed by atoms with Gasteiger partial charge in [0.05, 0.1) is 17.3 Å². The van der Waals surface area contributed by atoms with Crippen LogP contribution in [0.4, 0.5) is 4.39 Å². The molecule has 0 unspecified atom stereocenters. The fourth-order valence-electron chi connectivity index (χ4n) is 3.57. The van der Waals surface area contributed by atoms with Crippen molar-refractivity contribution in [1.82, 2.24) is 9.78 Å². The van der Waals surface area contributed by atoms with E-state index in [1.165, 1.54) is 23.0 Å². The lowest BCUT2D eigenvalue weighted by atomic mass is 9.86. The lowest BCUT2D eigenvalue weighted by Crippen LogP contribution is -2.23. The molecule has 0 saturated carbocycles. The van der Waals surface area contributed by atoms with E-state index in [2.05, 4.69) is 5.10 Å². The molecule has 2 aromatic heterocycles. The third-order valence-electron chi connectivity index (χ3n) is 5.35. The van der Waals surface area contributed by atoms with Crippen LogP contribution in [0.1, 0.15) is 42.5 Å².